The van der Waals surface area contributed by atoms with Gasteiger partial charge in [-0.3, -0.25) is 0 Å². The molecule has 1 aliphatic carbocycles. The van der Waals surface area contributed by atoms with Gasteiger partial charge in [-0.25, -0.2) is 4.98 Å². The first-order valence-electron chi connectivity index (χ1n) is 6.17. The first kappa shape index (κ1) is 11.2. The highest BCUT2D eigenvalue weighted by Gasteiger charge is 2.35. The van der Waals surface area contributed by atoms with Gasteiger partial charge in [-0.1, -0.05) is 20.3 Å². The van der Waals surface area contributed by atoms with Crippen molar-refractivity contribution in [1.82, 2.24) is 9.97 Å². The summed E-state index contributed by atoms with van der Waals surface area (Å²) in [7, 11) is 0. The molecule has 88 valence electrons. The highest BCUT2D eigenvalue weighted by Crippen LogP contribution is 2.35. The van der Waals surface area contributed by atoms with Crippen LogP contribution in [-0.2, 0) is 0 Å². The fourth-order valence-electron chi connectivity index (χ4n) is 1.83. The minimum Gasteiger partial charge on any atom is -0.367 e. The third-order valence-electron chi connectivity index (χ3n) is 2.97. The SMILES string of the molecule is CCCNc1nccc(NC2CC2CC)n1. The van der Waals surface area contributed by atoms with E-state index in [1.54, 1.807) is 6.20 Å². The molecular weight excluding hydrogens is 200 g/mol. The predicted octanol–water partition coefficient (Wildman–Crippen LogP) is 2.51. The fraction of sp³-hybridized carbons (Fsp3) is 0.667. The zero-order valence-electron chi connectivity index (χ0n) is 10.0. The van der Waals surface area contributed by atoms with Crippen molar-refractivity contribution in [2.75, 3.05) is 17.2 Å². The summed E-state index contributed by atoms with van der Waals surface area (Å²) in [6.07, 6.45) is 5.42. The Hall–Kier alpha value is -1.32. The Labute approximate surface area is 96.9 Å². The van der Waals surface area contributed by atoms with Crippen molar-refractivity contribution in [2.45, 2.75) is 39.2 Å². The van der Waals surface area contributed by atoms with Crippen LogP contribution in [0, 0.1) is 5.92 Å². The lowest BCUT2D eigenvalue weighted by Crippen LogP contribution is -2.09. The molecule has 2 rings (SSSR count). The summed E-state index contributed by atoms with van der Waals surface area (Å²) in [5.74, 6) is 2.50. The lowest BCUT2D eigenvalue weighted by atomic mass is 10.3. The molecule has 4 heteroatoms. The van der Waals surface area contributed by atoms with Gasteiger partial charge in [0.15, 0.2) is 0 Å². The van der Waals surface area contributed by atoms with Gasteiger partial charge in [-0.15, -0.1) is 0 Å². The molecule has 1 fully saturated rings. The van der Waals surface area contributed by atoms with E-state index in [4.69, 9.17) is 0 Å². The second kappa shape index (κ2) is 5.14. The molecule has 1 saturated carbocycles. The smallest absolute Gasteiger partial charge is 0.224 e. The van der Waals surface area contributed by atoms with E-state index in [9.17, 15) is 0 Å². The van der Waals surface area contributed by atoms with Gasteiger partial charge in [-0.05, 0) is 24.8 Å². The molecule has 2 atom stereocenters. The van der Waals surface area contributed by atoms with Crippen LogP contribution in [0.5, 0.6) is 0 Å². The molecule has 0 aromatic carbocycles. The van der Waals surface area contributed by atoms with Gasteiger partial charge in [0.1, 0.15) is 5.82 Å². The number of nitrogens with zero attached hydrogens (tertiary/aromatic N) is 2. The summed E-state index contributed by atoms with van der Waals surface area (Å²) in [5.41, 5.74) is 0. The highest BCUT2D eigenvalue weighted by atomic mass is 15.1. The molecule has 1 aliphatic rings. The van der Waals surface area contributed by atoms with E-state index in [2.05, 4.69) is 34.4 Å². The summed E-state index contributed by atoms with van der Waals surface area (Å²) in [6.45, 7) is 5.29. The Morgan fingerprint density at radius 1 is 1.44 bits per heavy atom. The number of anilines is 2. The summed E-state index contributed by atoms with van der Waals surface area (Å²) >= 11 is 0. The number of nitrogens with one attached hydrogen (secondary N) is 2. The van der Waals surface area contributed by atoms with Crippen LogP contribution in [-0.4, -0.2) is 22.6 Å². The second-order valence-electron chi connectivity index (χ2n) is 4.35. The van der Waals surface area contributed by atoms with Crippen molar-refractivity contribution in [3.05, 3.63) is 12.3 Å². The maximum atomic E-state index is 4.43. The Balaban J connectivity index is 1.89. The molecule has 2 N–H and O–H groups in total. The average Bonchev–Trinajstić information content (AvgIpc) is 3.05. The van der Waals surface area contributed by atoms with Crippen LogP contribution in [0.1, 0.15) is 33.1 Å². The zero-order chi connectivity index (χ0) is 11.4. The van der Waals surface area contributed by atoms with Gasteiger partial charge in [0.2, 0.25) is 5.95 Å². The van der Waals surface area contributed by atoms with Crippen LogP contribution in [0.4, 0.5) is 11.8 Å². The Morgan fingerprint density at radius 2 is 2.31 bits per heavy atom. The number of rotatable bonds is 6. The molecule has 0 saturated heterocycles. The molecule has 1 aromatic heterocycles. The van der Waals surface area contributed by atoms with Gasteiger partial charge < -0.3 is 10.6 Å². The molecule has 16 heavy (non-hydrogen) atoms. The van der Waals surface area contributed by atoms with E-state index in [0.29, 0.717) is 6.04 Å². The number of aromatic nitrogens is 2. The van der Waals surface area contributed by atoms with E-state index in [1.807, 2.05) is 6.07 Å². The van der Waals surface area contributed by atoms with Gasteiger partial charge >= 0.3 is 0 Å². The van der Waals surface area contributed by atoms with Crippen LogP contribution in [0.25, 0.3) is 0 Å². The quantitative estimate of drug-likeness (QED) is 0.773. The van der Waals surface area contributed by atoms with Crippen molar-refractivity contribution in [3.8, 4) is 0 Å². The minimum atomic E-state index is 0.624. The van der Waals surface area contributed by atoms with Gasteiger partial charge in [0, 0.05) is 18.8 Å². The lowest BCUT2D eigenvalue weighted by Gasteiger charge is -2.07. The van der Waals surface area contributed by atoms with Crippen molar-refractivity contribution >= 4 is 11.8 Å². The predicted molar refractivity (Wildman–Crippen MR) is 66.6 cm³/mol. The van der Waals surface area contributed by atoms with Gasteiger partial charge in [-0.2, -0.15) is 4.98 Å². The monoisotopic (exact) mass is 220 g/mol. The first-order chi connectivity index (χ1) is 7.83. The van der Waals surface area contributed by atoms with E-state index >= 15 is 0 Å². The maximum Gasteiger partial charge on any atom is 0.224 e. The Bertz CT molecular complexity index is 340. The van der Waals surface area contributed by atoms with E-state index in [-0.39, 0.29) is 0 Å². The summed E-state index contributed by atoms with van der Waals surface area (Å²) in [4.78, 5) is 8.61. The maximum absolute atomic E-state index is 4.43. The van der Waals surface area contributed by atoms with Crippen LogP contribution in [0.3, 0.4) is 0 Å². The van der Waals surface area contributed by atoms with Gasteiger partial charge in [0.05, 0.1) is 0 Å². The minimum absolute atomic E-state index is 0.624. The van der Waals surface area contributed by atoms with E-state index in [0.717, 1.165) is 30.6 Å². The summed E-state index contributed by atoms with van der Waals surface area (Å²) in [6, 6.07) is 2.56. The summed E-state index contributed by atoms with van der Waals surface area (Å²) < 4.78 is 0. The zero-order valence-corrected chi connectivity index (χ0v) is 10.0. The molecule has 4 nitrogen and oxygen atoms in total. The normalized spacial score (nSPS) is 22.9. The molecule has 0 amide bonds. The lowest BCUT2D eigenvalue weighted by molar-refractivity contribution is 0.773. The molecular formula is C12H20N4. The second-order valence-corrected chi connectivity index (χ2v) is 4.35. The third-order valence-corrected chi connectivity index (χ3v) is 2.97. The molecule has 1 heterocycles. The van der Waals surface area contributed by atoms with Crippen molar-refractivity contribution < 1.29 is 0 Å². The van der Waals surface area contributed by atoms with E-state index < -0.39 is 0 Å². The van der Waals surface area contributed by atoms with Crippen LogP contribution < -0.4 is 10.6 Å². The van der Waals surface area contributed by atoms with E-state index in [1.165, 1.54) is 12.8 Å². The standard InChI is InChI=1S/C12H20N4/c1-3-6-13-12-14-7-5-11(16-12)15-10-8-9(10)4-2/h5,7,9-10H,3-4,6,8H2,1-2H3,(H2,13,14,15,16). The first-order valence-corrected chi connectivity index (χ1v) is 6.17. The van der Waals surface area contributed by atoms with Gasteiger partial charge in [0.25, 0.3) is 0 Å². The number of hydrogen-bond acceptors (Lipinski definition) is 4. The van der Waals surface area contributed by atoms with Crippen molar-refractivity contribution in [2.24, 2.45) is 5.92 Å². The third kappa shape index (κ3) is 2.84. The van der Waals surface area contributed by atoms with Crippen LogP contribution in [0.2, 0.25) is 0 Å². The molecule has 0 aliphatic heterocycles. The van der Waals surface area contributed by atoms with Crippen LogP contribution in [0.15, 0.2) is 12.3 Å². The van der Waals surface area contributed by atoms with Crippen molar-refractivity contribution in [3.63, 3.8) is 0 Å². The largest absolute Gasteiger partial charge is 0.367 e. The molecule has 0 radical (unpaired) electrons. The Kier molecular flexibility index (Phi) is 3.59. The highest BCUT2D eigenvalue weighted by molar-refractivity contribution is 5.41. The van der Waals surface area contributed by atoms with Crippen molar-refractivity contribution in [1.29, 1.82) is 0 Å². The fourth-order valence-corrected chi connectivity index (χ4v) is 1.83. The average molecular weight is 220 g/mol. The molecule has 1 aromatic rings. The molecule has 2 unspecified atom stereocenters. The number of hydrogen-bond donors (Lipinski definition) is 2. The van der Waals surface area contributed by atoms with Crippen LogP contribution >= 0.6 is 0 Å². The molecule has 0 spiro atoms. The Morgan fingerprint density at radius 3 is 3.00 bits per heavy atom. The summed E-state index contributed by atoms with van der Waals surface area (Å²) in [5, 5.41) is 6.63. The molecule has 0 bridgehead atoms. The topological polar surface area (TPSA) is 49.8 Å².